The lowest BCUT2D eigenvalue weighted by Crippen LogP contribution is -2.45. The Kier molecular flexibility index (Phi) is 4.06. The topological polar surface area (TPSA) is 41.1 Å². The first-order chi connectivity index (χ1) is 6.18. The summed E-state index contributed by atoms with van der Waals surface area (Å²) in [5.41, 5.74) is 0. The number of carbonyl (C=O) groups excluding carboxylic acids is 1. The minimum absolute atomic E-state index is 0. The molecule has 0 aromatic heterocycles. The lowest BCUT2D eigenvalue weighted by molar-refractivity contribution is 0.230. The highest BCUT2D eigenvalue weighted by Crippen LogP contribution is 2.17. The van der Waals surface area contributed by atoms with Crippen LogP contribution in [0, 0.1) is 0 Å². The lowest BCUT2D eigenvalue weighted by atomic mass is 9.96. The van der Waals surface area contributed by atoms with Gasteiger partial charge in [-0.1, -0.05) is 19.3 Å². The first kappa shape index (κ1) is 10.4. The van der Waals surface area contributed by atoms with Gasteiger partial charge in [0.05, 0.1) is 0 Å². The highest BCUT2D eigenvalue weighted by Gasteiger charge is 2.15. The number of carbonyl (C=O) groups is 1. The van der Waals surface area contributed by atoms with Crippen LogP contribution in [0.1, 0.15) is 48.8 Å². The molecule has 1 fully saturated rings. The minimum Gasteiger partial charge on any atom is -0.336 e. The second-order valence-electron chi connectivity index (χ2n) is 4.11. The van der Waals surface area contributed by atoms with Gasteiger partial charge in [0.15, 0.2) is 0 Å². The van der Waals surface area contributed by atoms with E-state index in [1.165, 1.54) is 19.3 Å². The van der Waals surface area contributed by atoms with Gasteiger partial charge in [0.2, 0.25) is 0 Å². The third-order valence-corrected chi connectivity index (χ3v) is 2.36. The van der Waals surface area contributed by atoms with Crippen LogP contribution in [0.3, 0.4) is 0 Å². The predicted molar refractivity (Wildman–Crippen MR) is 57.9 cm³/mol. The SMILES string of the molecule is CC(C)NC(=O)NC1CCCCC1.[HH].[HH]. The summed E-state index contributed by atoms with van der Waals surface area (Å²) >= 11 is 0. The van der Waals surface area contributed by atoms with E-state index in [0.29, 0.717) is 6.04 Å². The van der Waals surface area contributed by atoms with E-state index in [-0.39, 0.29) is 14.9 Å². The monoisotopic (exact) mass is 188 g/mol. The quantitative estimate of drug-likeness (QED) is 0.687. The number of hydrogen-bond donors (Lipinski definition) is 2. The van der Waals surface area contributed by atoms with E-state index < -0.39 is 0 Å². The van der Waals surface area contributed by atoms with E-state index in [1.807, 2.05) is 13.8 Å². The second-order valence-corrected chi connectivity index (χ2v) is 4.11. The summed E-state index contributed by atoms with van der Waals surface area (Å²) in [6.07, 6.45) is 6.13. The Labute approximate surface area is 83.2 Å². The van der Waals surface area contributed by atoms with Gasteiger partial charge in [-0.2, -0.15) is 0 Å². The van der Waals surface area contributed by atoms with Crippen molar-refractivity contribution in [2.45, 2.75) is 58.0 Å². The molecular weight excluding hydrogens is 164 g/mol. The smallest absolute Gasteiger partial charge is 0.315 e. The van der Waals surface area contributed by atoms with Crippen LogP contribution >= 0.6 is 0 Å². The molecule has 0 aromatic rings. The Hall–Kier alpha value is -0.730. The number of hydrogen-bond acceptors (Lipinski definition) is 1. The molecule has 0 radical (unpaired) electrons. The highest BCUT2D eigenvalue weighted by molar-refractivity contribution is 5.74. The maximum Gasteiger partial charge on any atom is 0.315 e. The Morgan fingerprint density at radius 3 is 2.46 bits per heavy atom. The normalized spacial score (nSPS) is 18.7. The van der Waals surface area contributed by atoms with Crippen LogP contribution in [0.5, 0.6) is 0 Å². The molecule has 1 saturated carbocycles. The maximum absolute atomic E-state index is 11.3. The van der Waals surface area contributed by atoms with Gasteiger partial charge in [-0.25, -0.2) is 4.79 Å². The molecule has 2 amide bonds. The summed E-state index contributed by atoms with van der Waals surface area (Å²) in [5.74, 6) is 0. The van der Waals surface area contributed by atoms with E-state index >= 15 is 0 Å². The molecule has 80 valence electrons. The van der Waals surface area contributed by atoms with Gasteiger partial charge in [-0.05, 0) is 26.7 Å². The van der Waals surface area contributed by atoms with Gasteiger partial charge >= 0.3 is 6.03 Å². The standard InChI is InChI=1S/C10H20N2O.2H2/c1-8(2)11-10(13)12-9-6-4-3-5-7-9;;/h8-9H,3-7H2,1-2H3,(H2,11,12,13);2*1H. The van der Waals surface area contributed by atoms with E-state index in [0.717, 1.165) is 12.8 Å². The van der Waals surface area contributed by atoms with Gasteiger partial charge < -0.3 is 10.6 Å². The van der Waals surface area contributed by atoms with Gasteiger partial charge in [0.1, 0.15) is 0 Å². The zero-order valence-corrected chi connectivity index (χ0v) is 8.60. The molecule has 1 rings (SSSR count). The Morgan fingerprint density at radius 2 is 1.92 bits per heavy atom. The summed E-state index contributed by atoms with van der Waals surface area (Å²) in [4.78, 5) is 11.3. The molecule has 0 saturated heterocycles. The molecule has 0 heterocycles. The van der Waals surface area contributed by atoms with Gasteiger partial charge in [-0.3, -0.25) is 0 Å². The molecule has 3 nitrogen and oxygen atoms in total. The van der Waals surface area contributed by atoms with Crippen molar-refractivity contribution in [3.05, 3.63) is 0 Å². The third kappa shape index (κ3) is 4.15. The van der Waals surface area contributed by atoms with E-state index in [1.54, 1.807) is 0 Å². The molecule has 1 aliphatic carbocycles. The fourth-order valence-corrected chi connectivity index (χ4v) is 1.74. The minimum atomic E-state index is -0.0121. The molecule has 0 spiro atoms. The average molecular weight is 188 g/mol. The summed E-state index contributed by atoms with van der Waals surface area (Å²) in [7, 11) is 0. The van der Waals surface area contributed by atoms with Crippen molar-refractivity contribution in [2.75, 3.05) is 0 Å². The van der Waals surface area contributed by atoms with E-state index in [4.69, 9.17) is 0 Å². The van der Waals surface area contributed by atoms with Crippen molar-refractivity contribution in [1.29, 1.82) is 0 Å². The first-order valence-electron chi connectivity index (χ1n) is 5.25. The highest BCUT2D eigenvalue weighted by atomic mass is 16.2. The van der Waals surface area contributed by atoms with Crippen LogP contribution in [0.15, 0.2) is 0 Å². The third-order valence-electron chi connectivity index (χ3n) is 2.36. The summed E-state index contributed by atoms with van der Waals surface area (Å²) < 4.78 is 0. The molecule has 0 aliphatic heterocycles. The molecule has 0 unspecified atom stereocenters. The second kappa shape index (κ2) is 5.10. The van der Waals surface area contributed by atoms with Gasteiger partial charge in [-0.15, -0.1) is 0 Å². The molecule has 0 bridgehead atoms. The van der Waals surface area contributed by atoms with Crippen LogP contribution < -0.4 is 10.6 Å². The lowest BCUT2D eigenvalue weighted by Gasteiger charge is -2.23. The molecule has 2 N–H and O–H groups in total. The molecule has 1 aliphatic rings. The Balaban J connectivity index is 0. The summed E-state index contributed by atoms with van der Waals surface area (Å²) in [6.45, 7) is 3.95. The molecule has 13 heavy (non-hydrogen) atoms. The largest absolute Gasteiger partial charge is 0.336 e. The zero-order valence-electron chi connectivity index (χ0n) is 8.60. The van der Waals surface area contributed by atoms with Crippen LogP contribution in [0.2, 0.25) is 0 Å². The fraction of sp³-hybridized carbons (Fsp3) is 0.900. The van der Waals surface area contributed by atoms with Crippen LogP contribution in [0.4, 0.5) is 4.79 Å². The molecule has 0 atom stereocenters. The predicted octanol–water partition coefficient (Wildman–Crippen LogP) is 2.52. The molecule has 0 aromatic carbocycles. The summed E-state index contributed by atoms with van der Waals surface area (Å²) in [5, 5.41) is 5.84. The fourth-order valence-electron chi connectivity index (χ4n) is 1.74. The number of amides is 2. The van der Waals surface area contributed by atoms with Crippen molar-refractivity contribution < 1.29 is 7.65 Å². The zero-order chi connectivity index (χ0) is 9.68. The first-order valence-corrected chi connectivity index (χ1v) is 5.25. The molecular formula is C10H24N2O. The summed E-state index contributed by atoms with van der Waals surface area (Å²) in [6, 6.07) is 0.623. The van der Waals surface area contributed by atoms with Crippen molar-refractivity contribution in [3.8, 4) is 0 Å². The van der Waals surface area contributed by atoms with Crippen molar-refractivity contribution in [1.82, 2.24) is 10.6 Å². The molecule has 3 heteroatoms. The van der Waals surface area contributed by atoms with Crippen LogP contribution in [-0.2, 0) is 0 Å². The van der Waals surface area contributed by atoms with Crippen molar-refractivity contribution in [2.24, 2.45) is 0 Å². The van der Waals surface area contributed by atoms with E-state index in [9.17, 15) is 4.79 Å². The Bertz CT molecular complexity index is 171. The van der Waals surface area contributed by atoms with E-state index in [2.05, 4.69) is 10.6 Å². The number of urea groups is 1. The van der Waals surface area contributed by atoms with Crippen LogP contribution in [0.25, 0.3) is 0 Å². The maximum atomic E-state index is 11.3. The van der Waals surface area contributed by atoms with Crippen molar-refractivity contribution in [3.63, 3.8) is 0 Å². The van der Waals surface area contributed by atoms with Gasteiger partial charge in [0.25, 0.3) is 0 Å². The van der Waals surface area contributed by atoms with Crippen molar-refractivity contribution >= 4 is 6.03 Å². The average Bonchev–Trinajstić information content (AvgIpc) is 2.04. The number of rotatable bonds is 2. The van der Waals surface area contributed by atoms with Gasteiger partial charge in [0, 0.05) is 14.9 Å². The number of nitrogens with one attached hydrogen (secondary N) is 2. The Morgan fingerprint density at radius 1 is 1.31 bits per heavy atom. The van der Waals surface area contributed by atoms with Crippen LogP contribution in [-0.4, -0.2) is 18.1 Å².